The normalized spacial score (nSPS) is 11.4. The van der Waals surface area contributed by atoms with E-state index in [-0.39, 0.29) is 0 Å². The van der Waals surface area contributed by atoms with Crippen LogP contribution < -0.4 is 5.32 Å². The van der Waals surface area contributed by atoms with E-state index in [0.29, 0.717) is 0 Å². The second-order valence-electron chi connectivity index (χ2n) is 7.45. The quantitative estimate of drug-likeness (QED) is 0.396. The molecule has 0 fully saturated rings. The predicted molar refractivity (Wildman–Crippen MR) is 123 cm³/mol. The molecule has 1 N–H and O–H groups in total. The summed E-state index contributed by atoms with van der Waals surface area (Å²) in [5.41, 5.74) is 6.67. The molecule has 5 rings (SSSR count). The lowest BCUT2D eigenvalue weighted by Crippen LogP contribution is -2.12. The van der Waals surface area contributed by atoms with Gasteiger partial charge in [0.05, 0.1) is 5.52 Å². The number of aromatic nitrogens is 3. The number of benzene rings is 3. The highest BCUT2D eigenvalue weighted by atomic mass is 35.5. The van der Waals surface area contributed by atoms with Crippen molar-refractivity contribution in [3.05, 3.63) is 101 Å². The number of nitrogens with one attached hydrogen (secondary N) is 1. The van der Waals surface area contributed by atoms with Crippen LogP contribution in [0.15, 0.2) is 78.9 Å². The first-order valence-electron chi connectivity index (χ1n) is 9.97. The van der Waals surface area contributed by atoms with Crippen molar-refractivity contribution in [1.82, 2.24) is 19.9 Å². The molecule has 5 heteroatoms. The third-order valence-corrected chi connectivity index (χ3v) is 5.61. The maximum atomic E-state index is 6.33. The van der Waals surface area contributed by atoms with Crippen molar-refractivity contribution < 1.29 is 0 Å². The van der Waals surface area contributed by atoms with Gasteiger partial charge in [0, 0.05) is 23.5 Å². The molecule has 2 heterocycles. The van der Waals surface area contributed by atoms with Crippen molar-refractivity contribution in [2.45, 2.75) is 20.0 Å². The Bertz CT molecular complexity index is 1320. The molecule has 2 aromatic heterocycles. The van der Waals surface area contributed by atoms with Crippen LogP contribution in [-0.2, 0) is 13.1 Å². The van der Waals surface area contributed by atoms with E-state index in [1.807, 2.05) is 31.2 Å². The summed E-state index contributed by atoms with van der Waals surface area (Å²) in [5.74, 6) is 0.865. The van der Waals surface area contributed by atoms with Crippen LogP contribution in [0.25, 0.3) is 27.7 Å². The van der Waals surface area contributed by atoms with E-state index in [9.17, 15) is 0 Å². The number of aryl methyl sites for hydroxylation is 1. The fourth-order valence-corrected chi connectivity index (χ4v) is 4.06. The van der Waals surface area contributed by atoms with Crippen molar-refractivity contribution in [2.24, 2.45) is 0 Å². The van der Waals surface area contributed by atoms with Gasteiger partial charge in [-0.05, 0) is 53.4 Å². The second kappa shape index (κ2) is 7.90. The first-order chi connectivity index (χ1) is 14.7. The molecule has 0 aliphatic carbocycles. The minimum atomic E-state index is 0.718. The summed E-state index contributed by atoms with van der Waals surface area (Å²) in [4.78, 5) is 0. The van der Waals surface area contributed by atoms with Crippen LogP contribution in [0, 0.1) is 6.92 Å². The highest BCUT2D eigenvalue weighted by Crippen LogP contribution is 2.32. The molecule has 0 saturated carbocycles. The van der Waals surface area contributed by atoms with Gasteiger partial charge in [0.15, 0.2) is 5.65 Å². The Morgan fingerprint density at radius 3 is 2.33 bits per heavy atom. The van der Waals surface area contributed by atoms with Gasteiger partial charge in [-0.3, -0.25) is 4.40 Å². The van der Waals surface area contributed by atoms with E-state index < -0.39 is 0 Å². The van der Waals surface area contributed by atoms with Crippen LogP contribution in [-0.4, -0.2) is 14.6 Å². The van der Waals surface area contributed by atoms with Crippen LogP contribution in [0.3, 0.4) is 0 Å². The monoisotopic (exact) mass is 412 g/mol. The third kappa shape index (κ3) is 3.56. The van der Waals surface area contributed by atoms with Crippen molar-refractivity contribution in [3.8, 4) is 11.1 Å². The fourth-order valence-electron chi connectivity index (χ4n) is 3.88. The predicted octanol–water partition coefficient (Wildman–Crippen LogP) is 5.80. The lowest BCUT2D eigenvalue weighted by molar-refractivity contribution is 0.693. The van der Waals surface area contributed by atoms with E-state index in [0.717, 1.165) is 51.6 Å². The summed E-state index contributed by atoms with van der Waals surface area (Å²) in [6, 6.07) is 27.1. The Labute approximate surface area is 180 Å². The fraction of sp³-hybridized carbons (Fsp3) is 0.120. The Morgan fingerprint density at radius 1 is 0.833 bits per heavy atom. The first-order valence-corrected chi connectivity index (χ1v) is 10.3. The third-order valence-electron chi connectivity index (χ3n) is 5.38. The Kier molecular flexibility index (Phi) is 4.95. The highest BCUT2D eigenvalue weighted by molar-refractivity contribution is 6.31. The van der Waals surface area contributed by atoms with Crippen molar-refractivity contribution in [1.29, 1.82) is 0 Å². The van der Waals surface area contributed by atoms with E-state index in [2.05, 4.69) is 74.5 Å². The molecule has 0 aliphatic rings. The summed E-state index contributed by atoms with van der Waals surface area (Å²) >= 11 is 6.33. The maximum Gasteiger partial charge on any atom is 0.161 e. The number of fused-ring (bicyclic) bond motifs is 3. The van der Waals surface area contributed by atoms with Crippen LogP contribution in [0.4, 0.5) is 0 Å². The van der Waals surface area contributed by atoms with E-state index in [1.54, 1.807) is 0 Å². The van der Waals surface area contributed by atoms with Gasteiger partial charge in [-0.15, -0.1) is 10.2 Å². The molecule has 0 aliphatic heterocycles. The lowest BCUT2D eigenvalue weighted by atomic mass is 9.99. The van der Waals surface area contributed by atoms with Gasteiger partial charge in [-0.2, -0.15) is 0 Å². The largest absolute Gasteiger partial charge is 0.309 e. The summed E-state index contributed by atoms with van der Waals surface area (Å²) in [5, 5.41) is 13.9. The molecule has 148 valence electrons. The molecule has 0 saturated heterocycles. The zero-order chi connectivity index (χ0) is 20.5. The Balaban J connectivity index is 1.45. The average Bonchev–Trinajstić information content (AvgIpc) is 3.15. The van der Waals surface area contributed by atoms with Gasteiger partial charge in [0.2, 0.25) is 0 Å². The molecule has 0 unspecified atom stereocenters. The number of rotatable bonds is 5. The van der Waals surface area contributed by atoms with Gasteiger partial charge in [0.1, 0.15) is 5.82 Å². The van der Waals surface area contributed by atoms with Gasteiger partial charge in [0.25, 0.3) is 0 Å². The zero-order valence-corrected chi connectivity index (χ0v) is 17.4. The lowest BCUT2D eigenvalue weighted by Gasteiger charge is -2.11. The minimum absolute atomic E-state index is 0.718. The molecular weight excluding hydrogens is 392 g/mol. The van der Waals surface area contributed by atoms with Gasteiger partial charge >= 0.3 is 0 Å². The van der Waals surface area contributed by atoms with E-state index in [4.69, 9.17) is 11.6 Å². The van der Waals surface area contributed by atoms with Gasteiger partial charge in [-0.25, -0.2) is 0 Å². The number of pyridine rings is 1. The molecule has 0 amide bonds. The van der Waals surface area contributed by atoms with Gasteiger partial charge in [-0.1, -0.05) is 66.2 Å². The highest BCUT2D eigenvalue weighted by Gasteiger charge is 2.12. The Hall–Kier alpha value is -3.21. The van der Waals surface area contributed by atoms with Crippen LogP contribution >= 0.6 is 11.6 Å². The molecule has 0 atom stereocenters. The van der Waals surface area contributed by atoms with Crippen molar-refractivity contribution in [3.63, 3.8) is 0 Å². The second-order valence-corrected chi connectivity index (χ2v) is 7.88. The van der Waals surface area contributed by atoms with Crippen LogP contribution in [0.2, 0.25) is 5.02 Å². The topological polar surface area (TPSA) is 42.2 Å². The molecular formula is C25H21ClN4. The smallest absolute Gasteiger partial charge is 0.161 e. The SMILES string of the molecule is Cc1nnc2cc(-c3ccc(CNCc4ccccc4)cc3)c3cc(Cl)ccc3n12. The molecule has 0 radical (unpaired) electrons. The van der Waals surface area contributed by atoms with Crippen LogP contribution in [0.1, 0.15) is 17.0 Å². The first kappa shape index (κ1) is 18.8. The number of nitrogens with zero attached hydrogens (tertiary/aromatic N) is 3. The minimum Gasteiger partial charge on any atom is -0.309 e. The molecule has 3 aromatic carbocycles. The zero-order valence-electron chi connectivity index (χ0n) is 16.6. The summed E-state index contributed by atoms with van der Waals surface area (Å²) in [6.45, 7) is 3.64. The number of hydrogen-bond acceptors (Lipinski definition) is 3. The Morgan fingerprint density at radius 2 is 1.57 bits per heavy atom. The van der Waals surface area contributed by atoms with E-state index in [1.165, 1.54) is 11.1 Å². The number of halogens is 1. The summed E-state index contributed by atoms with van der Waals surface area (Å²) in [6.07, 6.45) is 0. The molecule has 4 nitrogen and oxygen atoms in total. The van der Waals surface area contributed by atoms with E-state index >= 15 is 0 Å². The summed E-state index contributed by atoms with van der Waals surface area (Å²) < 4.78 is 2.07. The molecule has 0 spiro atoms. The van der Waals surface area contributed by atoms with Crippen molar-refractivity contribution >= 4 is 28.2 Å². The average molecular weight is 413 g/mol. The van der Waals surface area contributed by atoms with Crippen molar-refractivity contribution in [2.75, 3.05) is 0 Å². The number of hydrogen-bond donors (Lipinski definition) is 1. The molecule has 0 bridgehead atoms. The van der Waals surface area contributed by atoms with Gasteiger partial charge < -0.3 is 5.32 Å². The molecule has 30 heavy (non-hydrogen) atoms. The maximum absolute atomic E-state index is 6.33. The summed E-state index contributed by atoms with van der Waals surface area (Å²) in [7, 11) is 0. The standard InChI is InChI=1S/C25H21ClN4/c1-17-28-29-25-14-22(23-13-21(26)11-12-24(23)30(17)25)20-9-7-19(8-10-20)16-27-15-18-5-3-2-4-6-18/h2-14,27H,15-16H2,1H3. The van der Waals surface area contributed by atoms with Crippen LogP contribution in [0.5, 0.6) is 0 Å². The molecule has 5 aromatic rings.